The van der Waals surface area contributed by atoms with Crippen LogP contribution in [-0.4, -0.2) is 33.7 Å². The van der Waals surface area contributed by atoms with Crippen molar-refractivity contribution >= 4 is 45.4 Å². The van der Waals surface area contributed by atoms with Gasteiger partial charge in [0.2, 0.25) is 11.8 Å². The van der Waals surface area contributed by atoms with Crippen molar-refractivity contribution in [2.24, 2.45) is 4.99 Å². The van der Waals surface area contributed by atoms with Crippen molar-refractivity contribution in [2.75, 3.05) is 17.2 Å². The lowest BCUT2D eigenvalue weighted by Gasteiger charge is -2.16. The van der Waals surface area contributed by atoms with E-state index in [1.165, 1.54) is 16.7 Å². The lowest BCUT2D eigenvalue weighted by molar-refractivity contribution is -0.121. The zero-order valence-corrected chi connectivity index (χ0v) is 13.6. The molecule has 0 unspecified atom stereocenters. The second-order valence-corrected chi connectivity index (χ2v) is 7.68. The Morgan fingerprint density at radius 2 is 2.10 bits per heavy atom. The van der Waals surface area contributed by atoms with E-state index in [0.29, 0.717) is 5.69 Å². The molecule has 0 aliphatic carbocycles. The summed E-state index contributed by atoms with van der Waals surface area (Å²) in [5.74, 6) is 0.728. The fourth-order valence-electron chi connectivity index (χ4n) is 2.34. The minimum Gasteiger partial charge on any atom is -0.274 e. The number of hydrogen-bond acceptors (Lipinski definition) is 5. The number of benzene rings is 1. The van der Waals surface area contributed by atoms with Crippen LogP contribution in [-0.2, 0) is 9.59 Å². The van der Waals surface area contributed by atoms with Crippen LogP contribution in [0.25, 0.3) is 0 Å². The van der Waals surface area contributed by atoms with E-state index >= 15 is 0 Å². The molecule has 6 heteroatoms. The fraction of sp³-hybridized carbons (Fsp3) is 0.400. The largest absolute Gasteiger partial charge is 0.274 e. The molecule has 0 spiro atoms. The summed E-state index contributed by atoms with van der Waals surface area (Å²) < 4.78 is 0.933. The molecule has 4 nitrogen and oxygen atoms in total. The van der Waals surface area contributed by atoms with E-state index < -0.39 is 0 Å². The molecule has 110 valence electrons. The van der Waals surface area contributed by atoms with Crippen molar-refractivity contribution in [3.63, 3.8) is 0 Å². The van der Waals surface area contributed by atoms with Gasteiger partial charge >= 0.3 is 0 Å². The van der Waals surface area contributed by atoms with Crippen molar-refractivity contribution in [3.8, 4) is 0 Å². The van der Waals surface area contributed by atoms with Crippen LogP contribution in [0, 0.1) is 13.8 Å². The summed E-state index contributed by atoms with van der Waals surface area (Å²) in [4.78, 5) is 30.4. The van der Waals surface area contributed by atoms with Crippen LogP contribution < -0.4 is 4.90 Å². The van der Waals surface area contributed by atoms with Gasteiger partial charge in [0.25, 0.3) is 0 Å². The maximum Gasteiger partial charge on any atom is 0.247 e. The van der Waals surface area contributed by atoms with Crippen molar-refractivity contribution in [1.29, 1.82) is 0 Å². The van der Waals surface area contributed by atoms with Crippen LogP contribution >= 0.6 is 23.5 Å². The van der Waals surface area contributed by atoms with Gasteiger partial charge in [-0.3, -0.25) is 14.6 Å². The summed E-state index contributed by atoms with van der Waals surface area (Å²) in [6.45, 7) is 4.81. The zero-order valence-electron chi connectivity index (χ0n) is 12.0. The molecule has 21 heavy (non-hydrogen) atoms. The van der Waals surface area contributed by atoms with Gasteiger partial charge in [-0.05, 0) is 37.1 Å². The van der Waals surface area contributed by atoms with Gasteiger partial charge < -0.3 is 0 Å². The molecular weight excluding hydrogens is 304 g/mol. The second kappa shape index (κ2) is 5.85. The molecule has 0 radical (unpaired) electrons. The van der Waals surface area contributed by atoms with Crippen LogP contribution in [0.3, 0.4) is 0 Å². The van der Waals surface area contributed by atoms with E-state index in [2.05, 4.69) is 4.99 Å². The first kappa shape index (κ1) is 14.7. The van der Waals surface area contributed by atoms with Gasteiger partial charge in [0, 0.05) is 12.2 Å². The minimum atomic E-state index is -0.330. The SMILES string of the molecule is Cc1ccc(N2C(=O)C[C@@H](SC3=NCCS3)C2=O)cc1C. The van der Waals surface area contributed by atoms with Crippen LogP contribution in [0.5, 0.6) is 0 Å². The molecule has 2 aliphatic rings. The number of rotatable bonds is 2. The lowest BCUT2D eigenvalue weighted by atomic mass is 10.1. The van der Waals surface area contributed by atoms with Crippen LogP contribution in [0.1, 0.15) is 17.5 Å². The Kier molecular flexibility index (Phi) is 4.08. The first-order valence-corrected chi connectivity index (χ1v) is 8.71. The number of carbonyl (C=O) groups is 2. The van der Waals surface area contributed by atoms with E-state index in [1.807, 2.05) is 32.0 Å². The summed E-state index contributed by atoms with van der Waals surface area (Å²) in [6.07, 6.45) is 0.260. The quantitative estimate of drug-likeness (QED) is 0.786. The summed E-state index contributed by atoms with van der Waals surface area (Å²) in [5.41, 5.74) is 2.91. The molecule has 0 N–H and O–H groups in total. The van der Waals surface area contributed by atoms with Gasteiger partial charge in [0.05, 0.1) is 12.2 Å². The van der Waals surface area contributed by atoms with E-state index in [9.17, 15) is 9.59 Å². The maximum atomic E-state index is 12.5. The second-order valence-electron chi connectivity index (χ2n) is 5.14. The van der Waals surface area contributed by atoms with E-state index in [-0.39, 0.29) is 23.5 Å². The van der Waals surface area contributed by atoms with Gasteiger partial charge in [-0.25, -0.2) is 4.90 Å². The number of nitrogens with zero attached hydrogens (tertiary/aromatic N) is 2. The molecule has 0 bridgehead atoms. The predicted molar refractivity (Wildman–Crippen MR) is 89.2 cm³/mol. The number of imide groups is 1. The first-order valence-electron chi connectivity index (χ1n) is 6.84. The van der Waals surface area contributed by atoms with Gasteiger partial charge in [-0.1, -0.05) is 29.6 Å². The van der Waals surface area contributed by atoms with Crippen LogP contribution in [0.4, 0.5) is 5.69 Å². The van der Waals surface area contributed by atoms with E-state index in [0.717, 1.165) is 27.8 Å². The Hall–Kier alpha value is -1.27. The van der Waals surface area contributed by atoms with Gasteiger partial charge in [0.1, 0.15) is 9.63 Å². The zero-order chi connectivity index (χ0) is 15.0. The predicted octanol–water partition coefficient (Wildman–Crippen LogP) is 2.77. The van der Waals surface area contributed by atoms with Crippen LogP contribution in [0.15, 0.2) is 23.2 Å². The topological polar surface area (TPSA) is 49.7 Å². The molecule has 1 aromatic carbocycles. The van der Waals surface area contributed by atoms with E-state index in [4.69, 9.17) is 0 Å². The summed E-state index contributed by atoms with van der Waals surface area (Å²) in [6, 6.07) is 5.69. The Bertz CT molecular complexity index is 643. The van der Waals surface area contributed by atoms with Crippen molar-refractivity contribution in [1.82, 2.24) is 0 Å². The van der Waals surface area contributed by atoms with Gasteiger partial charge in [0.15, 0.2) is 0 Å². The molecule has 1 fully saturated rings. The number of thioether (sulfide) groups is 2. The highest BCUT2D eigenvalue weighted by atomic mass is 32.2. The third-order valence-corrected chi connectivity index (χ3v) is 6.04. The number of hydrogen-bond donors (Lipinski definition) is 0. The molecule has 0 saturated carbocycles. The molecule has 1 atom stereocenters. The average Bonchev–Trinajstić information content (AvgIpc) is 3.03. The Morgan fingerprint density at radius 1 is 1.29 bits per heavy atom. The molecule has 0 aromatic heterocycles. The maximum absolute atomic E-state index is 12.5. The van der Waals surface area contributed by atoms with Crippen molar-refractivity contribution < 1.29 is 9.59 Å². The number of aryl methyl sites for hydroxylation is 2. The number of anilines is 1. The summed E-state index contributed by atoms with van der Waals surface area (Å²) in [7, 11) is 0. The van der Waals surface area contributed by atoms with Crippen LogP contribution in [0.2, 0.25) is 0 Å². The molecule has 2 heterocycles. The fourth-order valence-corrected chi connectivity index (χ4v) is 4.59. The van der Waals surface area contributed by atoms with Gasteiger partial charge in [-0.15, -0.1) is 0 Å². The average molecular weight is 320 g/mol. The normalized spacial score (nSPS) is 22.1. The number of aliphatic imine (C=N–C) groups is 1. The highest BCUT2D eigenvalue weighted by Gasteiger charge is 2.41. The highest BCUT2D eigenvalue weighted by Crippen LogP contribution is 2.34. The molecular formula is C15H16N2O2S2. The molecule has 2 aliphatic heterocycles. The number of amides is 2. The number of carbonyl (C=O) groups excluding carboxylic acids is 2. The van der Waals surface area contributed by atoms with Crippen molar-refractivity contribution in [3.05, 3.63) is 29.3 Å². The molecule has 1 saturated heterocycles. The van der Waals surface area contributed by atoms with E-state index in [1.54, 1.807) is 11.8 Å². The summed E-state index contributed by atoms with van der Waals surface area (Å²) in [5, 5.41) is -0.330. The lowest BCUT2D eigenvalue weighted by Crippen LogP contribution is -2.31. The molecule has 2 amide bonds. The van der Waals surface area contributed by atoms with Gasteiger partial charge in [-0.2, -0.15) is 0 Å². The Morgan fingerprint density at radius 3 is 2.76 bits per heavy atom. The first-order chi connectivity index (χ1) is 10.1. The third kappa shape index (κ3) is 2.87. The third-order valence-electron chi connectivity index (χ3n) is 3.65. The smallest absolute Gasteiger partial charge is 0.247 e. The Labute approximate surface area is 132 Å². The molecule has 3 rings (SSSR count). The highest BCUT2D eigenvalue weighted by molar-refractivity contribution is 8.39. The minimum absolute atomic E-state index is 0.121. The summed E-state index contributed by atoms with van der Waals surface area (Å²) >= 11 is 3.10. The van der Waals surface area contributed by atoms with Crippen molar-refractivity contribution in [2.45, 2.75) is 25.5 Å². The molecule has 1 aromatic rings. The Balaban J connectivity index is 1.81. The monoisotopic (exact) mass is 320 g/mol. The standard InChI is InChI=1S/C15H16N2O2S2/c1-9-3-4-11(7-10(9)2)17-13(18)8-12(14(17)19)21-15-16-5-6-20-15/h3-4,7,12H,5-6,8H2,1-2H3/t12-/m1/s1.